The first-order valence-electron chi connectivity index (χ1n) is 23.5. The van der Waals surface area contributed by atoms with Gasteiger partial charge in [-0.05, 0) is 76.9 Å². The molecule has 0 atom stereocenters. The van der Waals surface area contributed by atoms with Gasteiger partial charge in [0.1, 0.15) is 39.1 Å². The summed E-state index contributed by atoms with van der Waals surface area (Å²) in [6.45, 7) is 0. The highest BCUT2D eigenvalue weighted by Crippen LogP contribution is 2.42. The summed E-state index contributed by atoms with van der Waals surface area (Å²) in [5, 5.41) is 7.72. The van der Waals surface area contributed by atoms with Crippen molar-refractivity contribution in [1.82, 2.24) is 14.5 Å². The van der Waals surface area contributed by atoms with E-state index in [2.05, 4.69) is 199 Å². The second-order valence-corrected chi connectivity index (χ2v) is 18.0. The second kappa shape index (κ2) is 15.0. The van der Waals surface area contributed by atoms with Crippen LogP contribution < -0.4 is 0 Å². The number of fused-ring (bicyclic) bond motifs is 12. The average Bonchev–Trinajstić information content (AvgIpc) is 4.19. The van der Waals surface area contributed by atoms with Gasteiger partial charge in [-0.2, -0.15) is 0 Å². The fourth-order valence-electron chi connectivity index (χ4n) is 10.7. The van der Waals surface area contributed by atoms with Gasteiger partial charge in [0.05, 0.1) is 16.7 Å². The zero-order chi connectivity index (χ0) is 45.9. The number of para-hydroxylation sites is 6. The van der Waals surface area contributed by atoms with Gasteiger partial charge in [-0.15, -0.1) is 0 Å². The molecule has 15 rings (SSSR count). The molecular formula is C64H37N3O3. The van der Waals surface area contributed by atoms with E-state index in [-0.39, 0.29) is 0 Å². The maximum absolute atomic E-state index is 6.59. The molecule has 70 heavy (non-hydrogen) atoms. The molecule has 0 amide bonds. The maximum Gasteiger partial charge on any atom is 0.246 e. The Kier molecular flexibility index (Phi) is 8.26. The number of aromatic nitrogens is 3. The molecule has 0 N–H and O–H groups in total. The molecule has 0 saturated heterocycles. The number of nitrogens with zero attached hydrogens (tertiary/aromatic N) is 3. The van der Waals surface area contributed by atoms with Crippen molar-refractivity contribution in [2.45, 2.75) is 0 Å². The van der Waals surface area contributed by atoms with E-state index in [4.69, 9.17) is 23.2 Å². The van der Waals surface area contributed by atoms with Crippen molar-refractivity contribution in [3.05, 3.63) is 224 Å². The van der Waals surface area contributed by atoms with E-state index in [1.807, 2.05) is 30.3 Å². The maximum atomic E-state index is 6.59. The van der Waals surface area contributed by atoms with Crippen LogP contribution in [0, 0.1) is 0 Å². The minimum atomic E-state index is 0.483. The van der Waals surface area contributed by atoms with Crippen molar-refractivity contribution in [2.24, 2.45) is 0 Å². The normalized spacial score (nSPS) is 12.0. The summed E-state index contributed by atoms with van der Waals surface area (Å²) in [5.74, 6) is 0. The predicted octanol–water partition coefficient (Wildman–Crippen LogP) is 17.6. The van der Waals surface area contributed by atoms with Crippen molar-refractivity contribution >= 4 is 87.9 Å². The summed E-state index contributed by atoms with van der Waals surface area (Å²) >= 11 is 0. The highest BCUT2D eigenvalue weighted by Gasteiger charge is 2.21. The lowest BCUT2D eigenvalue weighted by Gasteiger charge is -2.11. The fourth-order valence-corrected chi connectivity index (χ4v) is 10.7. The van der Waals surface area contributed by atoms with E-state index in [1.165, 1.54) is 16.3 Å². The molecule has 6 heteroatoms. The molecule has 0 aliphatic heterocycles. The Bertz CT molecular complexity index is 4570. The molecule has 5 heterocycles. The van der Waals surface area contributed by atoms with Gasteiger partial charge in [0.25, 0.3) is 0 Å². The topological polar surface area (TPSA) is 70.1 Å². The minimum absolute atomic E-state index is 0.483. The zero-order valence-corrected chi connectivity index (χ0v) is 37.4. The molecule has 0 spiro atoms. The smallest absolute Gasteiger partial charge is 0.246 e. The van der Waals surface area contributed by atoms with Crippen LogP contribution >= 0.6 is 0 Å². The van der Waals surface area contributed by atoms with Gasteiger partial charge >= 0.3 is 0 Å². The molecular weight excluding hydrogens is 859 g/mol. The predicted molar refractivity (Wildman–Crippen MR) is 285 cm³/mol. The number of benzene rings is 10. The molecule has 5 aromatic heterocycles. The fraction of sp³-hybridized carbons (Fsp3) is 0. The Hall–Kier alpha value is -9.52. The summed E-state index contributed by atoms with van der Waals surface area (Å²) in [7, 11) is 0. The Balaban J connectivity index is 0.877. The van der Waals surface area contributed by atoms with Crippen LogP contribution in [0.3, 0.4) is 0 Å². The molecule has 0 bridgehead atoms. The van der Waals surface area contributed by atoms with Crippen LogP contribution in [0.25, 0.3) is 149 Å². The molecule has 0 aliphatic rings. The van der Waals surface area contributed by atoms with Crippen LogP contribution in [0.4, 0.5) is 0 Å². The summed E-state index contributed by atoms with van der Waals surface area (Å²) in [6, 6.07) is 78.5. The van der Waals surface area contributed by atoms with Gasteiger partial charge < -0.3 is 17.8 Å². The van der Waals surface area contributed by atoms with Crippen LogP contribution in [0.2, 0.25) is 0 Å². The summed E-state index contributed by atoms with van der Waals surface area (Å²) < 4.78 is 21.8. The highest BCUT2D eigenvalue weighted by molar-refractivity contribution is 6.13. The third-order valence-corrected chi connectivity index (χ3v) is 14.1. The van der Waals surface area contributed by atoms with Crippen molar-refractivity contribution in [2.75, 3.05) is 0 Å². The summed E-state index contributed by atoms with van der Waals surface area (Å²) in [6.07, 6.45) is 0. The Labute approximate surface area is 399 Å². The van der Waals surface area contributed by atoms with Gasteiger partial charge in [0.15, 0.2) is 0 Å². The van der Waals surface area contributed by atoms with E-state index < -0.39 is 0 Å². The molecule has 10 aromatic carbocycles. The van der Waals surface area contributed by atoms with Crippen LogP contribution in [0.1, 0.15) is 0 Å². The quantitative estimate of drug-likeness (QED) is 0.166. The van der Waals surface area contributed by atoms with Gasteiger partial charge in [-0.25, -0.2) is 9.97 Å². The Morgan fingerprint density at radius 1 is 0.300 bits per heavy atom. The molecule has 0 unspecified atom stereocenters. The minimum Gasteiger partial charge on any atom is -0.455 e. The van der Waals surface area contributed by atoms with E-state index in [0.29, 0.717) is 11.2 Å². The average molecular weight is 896 g/mol. The van der Waals surface area contributed by atoms with Gasteiger partial charge in [-0.1, -0.05) is 170 Å². The Morgan fingerprint density at radius 3 is 1.41 bits per heavy atom. The molecule has 326 valence electrons. The molecule has 15 aromatic rings. The third kappa shape index (κ3) is 5.87. The van der Waals surface area contributed by atoms with Crippen LogP contribution in [0.15, 0.2) is 238 Å². The van der Waals surface area contributed by atoms with Crippen molar-refractivity contribution in [3.8, 4) is 61.6 Å². The lowest BCUT2D eigenvalue weighted by Crippen LogP contribution is -1.95. The summed E-state index contributed by atoms with van der Waals surface area (Å²) in [4.78, 5) is 10.8. The molecule has 0 aliphatic carbocycles. The van der Waals surface area contributed by atoms with Crippen molar-refractivity contribution < 1.29 is 13.3 Å². The zero-order valence-electron chi connectivity index (χ0n) is 37.4. The first-order chi connectivity index (χ1) is 34.7. The van der Waals surface area contributed by atoms with Crippen LogP contribution in [-0.2, 0) is 0 Å². The molecule has 0 saturated carbocycles. The number of hydrogen-bond donors (Lipinski definition) is 0. The Morgan fingerprint density at radius 2 is 0.771 bits per heavy atom. The molecule has 6 nitrogen and oxygen atoms in total. The lowest BCUT2D eigenvalue weighted by molar-refractivity contribution is 0.653. The van der Waals surface area contributed by atoms with Crippen molar-refractivity contribution in [3.63, 3.8) is 0 Å². The summed E-state index contributed by atoms with van der Waals surface area (Å²) in [5.41, 5.74) is 18.6. The molecule has 0 fully saturated rings. The number of furan rings is 3. The van der Waals surface area contributed by atoms with E-state index in [9.17, 15) is 0 Å². The second-order valence-electron chi connectivity index (χ2n) is 18.0. The van der Waals surface area contributed by atoms with Crippen LogP contribution in [-0.4, -0.2) is 14.5 Å². The highest BCUT2D eigenvalue weighted by atomic mass is 16.3. The lowest BCUT2D eigenvalue weighted by atomic mass is 9.97. The largest absolute Gasteiger partial charge is 0.455 e. The van der Waals surface area contributed by atoms with Crippen molar-refractivity contribution in [1.29, 1.82) is 0 Å². The first kappa shape index (κ1) is 38.6. The SMILES string of the molecule is c1ccc(-n2c3ccccc3c3cc(-c4ccc5oc6nc(-c7ccc(-c8cccc9c8oc8ccccc89)cc7)c(-c7ccc(-c8cccc9c8oc8ccccc89)cc7)nc6c5c4)ccc32)cc1. The van der Waals surface area contributed by atoms with Gasteiger partial charge in [0.2, 0.25) is 5.71 Å². The number of hydrogen-bond acceptors (Lipinski definition) is 5. The monoisotopic (exact) mass is 895 g/mol. The molecule has 0 radical (unpaired) electrons. The van der Waals surface area contributed by atoms with E-state index in [1.54, 1.807) is 0 Å². The van der Waals surface area contributed by atoms with Gasteiger partial charge in [-0.3, -0.25) is 0 Å². The van der Waals surface area contributed by atoms with Crippen LogP contribution in [0.5, 0.6) is 0 Å². The van der Waals surface area contributed by atoms with Gasteiger partial charge in [0, 0.05) is 65.6 Å². The standard InChI is InChI=1S/C64H37N3O3/c1-2-12-44(13-3-1)67-54-21-7-4-14-47(54)52-36-42(32-34-55(52)67)43-33-35-58-53(37-43)61-64(70-58)66-60(41-30-26-39(27-31-41)46-18-11-20-51-49-16-6-9-23-57(49)69-63(46)51)59(65-61)40-28-24-38(25-29-40)45-17-10-19-50-48-15-5-8-22-56(48)68-62(45)50/h1-37H. The van der Waals surface area contributed by atoms with E-state index in [0.717, 1.165) is 122 Å². The number of rotatable bonds is 6. The first-order valence-corrected chi connectivity index (χ1v) is 23.5. The third-order valence-electron chi connectivity index (χ3n) is 14.1. The van der Waals surface area contributed by atoms with E-state index >= 15 is 0 Å².